The average Bonchev–Trinajstić information content (AvgIpc) is 3.11. The molecule has 1 aromatic heterocycles. The Labute approximate surface area is 144 Å². The van der Waals surface area contributed by atoms with Gasteiger partial charge in [0.2, 0.25) is 5.91 Å². The normalized spacial score (nSPS) is 18.5. The van der Waals surface area contributed by atoms with Gasteiger partial charge in [0, 0.05) is 25.4 Å². The van der Waals surface area contributed by atoms with Crippen LogP contribution >= 0.6 is 0 Å². The van der Waals surface area contributed by atoms with Crippen molar-refractivity contribution in [3.05, 3.63) is 66.0 Å². The molecule has 0 N–H and O–H groups in total. The van der Waals surface area contributed by atoms with Crippen molar-refractivity contribution in [3.63, 3.8) is 0 Å². The van der Waals surface area contributed by atoms with Crippen LogP contribution in [0.15, 0.2) is 54.9 Å². The lowest BCUT2D eigenvalue weighted by molar-refractivity contribution is -0.133. The molecule has 0 saturated carbocycles. The van der Waals surface area contributed by atoms with Gasteiger partial charge in [-0.25, -0.2) is 0 Å². The number of carbonyl (C=O) groups excluding carboxylic acids is 1. The Kier molecular flexibility index (Phi) is 5.63. The molecule has 1 amide bonds. The van der Waals surface area contributed by atoms with Crippen molar-refractivity contribution in [2.75, 3.05) is 6.54 Å². The number of pyridine rings is 1. The van der Waals surface area contributed by atoms with Gasteiger partial charge < -0.3 is 4.90 Å². The number of carbonyl (C=O) groups is 1. The van der Waals surface area contributed by atoms with Crippen LogP contribution in [0.5, 0.6) is 0 Å². The maximum Gasteiger partial charge on any atom is 0.223 e. The van der Waals surface area contributed by atoms with E-state index in [1.807, 2.05) is 30.6 Å². The number of hydrogen-bond donors (Lipinski definition) is 0. The summed E-state index contributed by atoms with van der Waals surface area (Å²) in [7, 11) is 0. The van der Waals surface area contributed by atoms with Crippen molar-refractivity contribution < 1.29 is 4.79 Å². The summed E-state index contributed by atoms with van der Waals surface area (Å²) in [6.07, 6.45) is 8.55. The zero-order valence-corrected chi connectivity index (χ0v) is 14.4. The fraction of sp³-hybridized carbons (Fsp3) is 0.429. The van der Waals surface area contributed by atoms with Crippen molar-refractivity contribution in [2.45, 2.75) is 45.1 Å². The summed E-state index contributed by atoms with van der Waals surface area (Å²) in [6, 6.07) is 14.8. The minimum absolute atomic E-state index is 0.238. The Balaban J connectivity index is 1.54. The van der Waals surface area contributed by atoms with Gasteiger partial charge in [-0.1, -0.05) is 37.3 Å². The first kappa shape index (κ1) is 16.7. The van der Waals surface area contributed by atoms with Gasteiger partial charge in [-0.05, 0) is 54.9 Å². The van der Waals surface area contributed by atoms with E-state index in [1.165, 1.54) is 11.1 Å². The molecule has 24 heavy (non-hydrogen) atoms. The van der Waals surface area contributed by atoms with Crippen LogP contribution in [0.1, 0.15) is 49.8 Å². The smallest absolute Gasteiger partial charge is 0.223 e. The first-order valence-corrected chi connectivity index (χ1v) is 8.97. The minimum atomic E-state index is 0.238. The molecule has 1 fully saturated rings. The van der Waals surface area contributed by atoms with E-state index >= 15 is 0 Å². The number of likely N-dealkylation sites (tertiary alicyclic amines) is 1. The van der Waals surface area contributed by atoms with E-state index < -0.39 is 0 Å². The monoisotopic (exact) mass is 322 g/mol. The van der Waals surface area contributed by atoms with Crippen LogP contribution in [0.2, 0.25) is 0 Å². The Hall–Kier alpha value is -2.16. The van der Waals surface area contributed by atoms with Gasteiger partial charge in [0.25, 0.3) is 0 Å². The molecule has 3 rings (SSSR count). The van der Waals surface area contributed by atoms with Crippen LogP contribution in [0, 0.1) is 5.92 Å². The van der Waals surface area contributed by atoms with E-state index in [0.29, 0.717) is 18.2 Å². The van der Waals surface area contributed by atoms with E-state index in [9.17, 15) is 4.79 Å². The van der Waals surface area contributed by atoms with Crippen molar-refractivity contribution >= 4 is 5.91 Å². The van der Waals surface area contributed by atoms with Gasteiger partial charge in [-0.3, -0.25) is 9.78 Å². The second kappa shape index (κ2) is 8.09. The number of aromatic nitrogens is 1. The molecular weight excluding hydrogens is 296 g/mol. The number of benzene rings is 1. The molecule has 0 bridgehead atoms. The standard InChI is InChI=1S/C21H26N2O/c1-17(9-10-18-6-3-2-4-7-18)16-21(24)23-15-5-8-20(23)19-11-13-22-14-12-19/h2-4,6-7,11-14,17,20H,5,8-10,15-16H2,1H3. The van der Waals surface area contributed by atoms with Crippen LogP contribution in [-0.2, 0) is 11.2 Å². The van der Waals surface area contributed by atoms with Crippen LogP contribution in [-0.4, -0.2) is 22.3 Å². The maximum atomic E-state index is 12.8. The van der Waals surface area contributed by atoms with Crippen molar-refractivity contribution in [1.29, 1.82) is 0 Å². The van der Waals surface area contributed by atoms with Gasteiger partial charge in [-0.15, -0.1) is 0 Å². The third kappa shape index (κ3) is 4.22. The van der Waals surface area contributed by atoms with Crippen LogP contribution in [0.25, 0.3) is 0 Å². The maximum absolute atomic E-state index is 12.8. The minimum Gasteiger partial charge on any atom is -0.336 e. The molecule has 1 saturated heterocycles. The summed E-state index contributed by atoms with van der Waals surface area (Å²) < 4.78 is 0. The van der Waals surface area contributed by atoms with E-state index in [-0.39, 0.29) is 6.04 Å². The number of amides is 1. The topological polar surface area (TPSA) is 33.2 Å². The molecule has 1 aromatic carbocycles. The summed E-state index contributed by atoms with van der Waals surface area (Å²) in [5.41, 5.74) is 2.57. The van der Waals surface area contributed by atoms with Gasteiger partial charge >= 0.3 is 0 Å². The Morgan fingerprint density at radius 3 is 2.71 bits per heavy atom. The highest BCUT2D eigenvalue weighted by Gasteiger charge is 2.30. The number of aryl methyl sites for hydroxylation is 1. The molecule has 1 aliphatic rings. The molecule has 2 heterocycles. The quantitative estimate of drug-likeness (QED) is 0.789. The molecule has 126 valence electrons. The molecule has 2 atom stereocenters. The molecule has 0 radical (unpaired) electrons. The predicted octanol–water partition coefficient (Wildman–Crippen LogP) is 4.40. The zero-order chi connectivity index (χ0) is 16.8. The van der Waals surface area contributed by atoms with Crippen LogP contribution in [0.4, 0.5) is 0 Å². The molecule has 2 aromatic rings. The Bertz CT molecular complexity index is 641. The summed E-state index contributed by atoms with van der Waals surface area (Å²) >= 11 is 0. The van der Waals surface area contributed by atoms with Crippen molar-refractivity contribution in [1.82, 2.24) is 9.88 Å². The Morgan fingerprint density at radius 1 is 1.21 bits per heavy atom. The highest BCUT2D eigenvalue weighted by molar-refractivity contribution is 5.77. The summed E-state index contributed by atoms with van der Waals surface area (Å²) in [5, 5.41) is 0. The average molecular weight is 322 g/mol. The zero-order valence-electron chi connectivity index (χ0n) is 14.4. The van der Waals surface area contributed by atoms with Crippen molar-refractivity contribution in [2.24, 2.45) is 5.92 Å². The fourth-order valence-corrected chi connectivity index (χ4v) is 3.57. The summed E-state index contributed by atoms with van der Waals surface area (Å²) in [6.45, 7) is 3.08. The molecule has 3 nitrogen and oxygen atoms in total. The predicted molar refractivity (Wildman–Crippen MR) is 96.5 cm³/mol. The lowest BCUT2D eigenvalue weighted by atomic mass is 9.97. The first-order valence-electron chi connectivity index (χ1n) is 8.97. The lowest BCUT2D eigenvalue weighted by Crippen LogP contribution is -2.31. The molecular formula is C21H26N2O. The second-order valence-corrected chi connectivity index (χ2v) is 6.86. The molecule has 0 aliphatic carbocycles. The second-order valence-electron chi connectivity index (χ2n) is 6.86. The molecule has 3 heteroatoms. The van der Waals surface area contributed by atoms with E-state index in [1.54, 1.807) is 0 Å². The third-order valence-electron chi connectivity index (χ3n) is 4.96. The van der Waals surface area contributed by atoms with Gasteiger partial charge in [0.15, 0.2) is 0 Å². The van der Waals surface area contributed by atoms with Gasteiger partial charge in [0.1, 0.15) is 0 Å². The first-order chi connectivity index (χ1) is 11.7. The number of rotatable bonds is 6. The SMILES string of the molecule is CC(CCc1ccccc1)CC(=O)N1CCCC1c1ccncc1. The van der Waals surface area contributed by atoms with E-state index in [4.69, 9.17) is 0 Å². The molecule has 2 unspecified atom stereocenters. The summed E-state index contributed by atoms with van der Waals surface area (Å²) in [4.78, 5) is 18.9. The highest BCUT2D eigenvalue weighted by atomic mass is 16.2. The van der Waals surface area contributed by atoms with Crippen LogP contribution in [0.3, 0.4) is 0 Å². The largest absolute Gasteiger partial charge is 0.336 e. The summed E-state index contributed by atoms with van der Waals surface area (Å²) in [5.74, 6) is 0.714. The lowest BCUT2D eigenvalue weighted by Gasteiger charge is -2.26. The van der Waals surface area contributed by atoms with Crippen molar-refractivity contribution in [3.8, 4) is 0 Å². The molecule has 0 spiro atoms. The fourth-order valence-electron chi connectivity index (χ4n) is 3.57. The number of hydrogen-bond acceptors (Lipinski definition) is 2. The van der Waals surface area contributed by atoms with E-state index in [0.717, 1.165) is 32.2 Å². The molecule has 1 aliphatic heterocycles. The third-order valence-corrected chi connectivity index (χ3v) is 4.96. The van der Waals surface area contributed by atoms with E-state index in [2.05, 4.69) is 41.1 Å². The van der Waals surface area contributed by atoms with Gasteiger partial charge in [0.05, 0.1) is 6.04 Å². The van der Waals surface area contributed by atoms with Gasteiger partial charge in [-0.2, -0.15) is 0 Å². The van der Waals surface area contributed by atoms with Crippen LogP contribution < -0.4 is 0 Å². The Morgan fingerprint density at radius 2 is 1.96 bits per heavy atom. The number of nitrogens with zero attached hydrogens (tertiary/aromatic N) is 2. The highest BCUT2D eigenvalue weighted by Crippen LogP contribution is 2.32.